The molecule has 0 bridgehead atoms. The van der Waals surface area contributed by atoms with Crippen molar-refractivity contribution in [2.24, 2.45) is 0 Å². The fourth-order valence-corrected chi connectivity index (χ4v) is 3.36. The zero-order valence-corrected chi connectivity index (χ0v) is 13.8. The molecule has 0 spiro atoms. The van der Waals surface area contributed by atoms with Gasteiger partial charge in [0.15, 0.2) is 0 Å². The lowest BCUT2D eigenvalue weighted by atomic mass is 10.2. The van der Waals surface area contributed by atoms with Crippen LogP contribution < -0.4 is 10.5 Å². The van der Waals surface area contributed by atoms with Crippen molar-refractivity contribution >= 4 is 39.7 Å². The molecule has 0 fully saturated rings. The smallest absolute Gasteiger partial charge is 0.120 e. The van der Waals surface area contributed by atoms with Crippen molar-refractivity contribution in [2.45, 2.75) is 17.6 Å². The van der Waals surface area contributed by atoms with Gasteiger partial charge in [0.25, 0.3) is 0 Å². The first kappa shape index (κ1) is 16.1. The van der Waals surface area contributed by atoms with E-state index in [2.05, 4.69) is 0 Å². The summed E-state index contributed by atoms with van der Waals surface area (Å²) in [6, 6.07) is 10.4. The first-order valence-electron chi connectivity index (χ1n) is 6.36. The van der Waals surface area contributed by atoms with Gasteiger partial charge in [-0.1, -0.05) is 29.3 Å². The summed E-state index contributed by atoms with van der Waals surface area (Å²) in [5.41, 5.74) is 7.22. The van der Waals surface area contributed by atoms with Crippen LogP contribution in [0.5, 0.6) is 5.75 Å². The van der Waals surface area contributed by atoms with Crippen molar-refractivity contribution in [3.05, 3.63) is 52.0 Å². The van der Waals surface area contributed by atoms with Gasteiger partial charge < -0.3 is 10.5 Å². The summed E-state index contributed by atoms with van der Waals surface area (Å²) < 4.78 is 17.9. The lowest BCUT2D eigenvalue weighted by molar-refractivity contribution is 0.339. The Morgan fingerprint density at radius 3 is 2.57 bits per heavy atom. The van der Waals surface area contributed by atoms with Gasteiger partial charge in [-0.25, -0.2) is 0 Å². The number of benzene rings is 2. The van der Waals surface area contributed by atoms with Gasteiger partial charge in [-0.05, 0) is 42.8 Å². The molecule has 0 aliphatic rings. The maximum atomic E-state index is 12.5. The highest BCUT2D eigenvalue weighted by atomic mass is 35.5. The lowest BCUT2D eigenvalue weighted by Crippen LogP contribution is -2.02. The average molecular weight is 344 g/mol. The number of ether oxygens (including phenoxy) is 1. The predicted octanol–water partition coefficient (Wildman–Crippen LogP) is 4.28. The molecular weight excluding hydrogens is 329 g/mol. The molecule has 21 heavy (non-hydrogen) atoms. The third kappa shape index (κ3) is 4.13. The average Bonchev–Trinajstić information content (AvgIpc) is 2.45. The minimum Gasteiger partial charge on any atom is -0.494 e. The van der Waals surface area contributed by atoms with Gasteiger partial charge in [-0.15, -0.1) is 0 Å². The van der Waals surface area contributed by atoms with Gasteiger partial charge in [0, 0.05) is 5.69 Å². The van der Waals surface area contributed by atoms with Crippen LogP contribution in [-0.4, -0.2) is 10.8 Å². The number of anilines is 1. The van der Waals surface area contributed by atoms with Crippen LogP contribution in [-0.2, 0) is 16.6 Å². The quantitative estimate of drug-likeness (QED) is 0.824. The van der Waals surface area contributed by atoms with E-state index in [1.54, 1.807) is 36.4 Å². The number of rotatable bonds is 5. The first-order chi connectivity index (χ1) is 10.0. The summed E-state index contributed by atoms with van der Waals surface area (Å²) in [6.07, 6.45) is 0. The maximum Gasteiger partial charge on any atom is 0.120 e. The van der Waals surface area contributed by atoms with E-state index >= 15 is 0 Å². The molecule has 0 aromatic heterocycles. The zero-order valence-electron chi connectivity index (χ0n) is 11.4. The van der Waals surface area contributed by atoms with Crippen LogP contribution in [0.15, 0.2) is 41.3 Å². The molecule has 0 radical (unpaired) electrons. The van der Waals surface area contributed by atoms with E-state index < -0.39 is 10.8 Å². The van der Waals surface area contributed by atoms with E-state index in [0.29, 0.717) is 38.7 Å². The molecule has 0 aliphatic heterocycles. The van der Waals surface area contributed by atoms with Gasteiger partial charge in [-0.3, -0.25) is 4.21 Å². The SMILES string of the molecule is CCOc1ccc(N)c(S(=O)Cc2ccc(Cl)c(Cl)c2)c1. The second-order valence-electron chi connectivity index (χ2n) is 4.37. The molecule has 2 aromatic rings. The Morgan fingerprint density at radius 2 is 1.90 bits per heavy atom. The Morgan fingerprint density at radius 1 is 1.14 bits per heavy atom. The van der Waals surface area contributed by atoms with E-state index in [9.17, 15) is 4.21 Å². The second-order valence-corrected chi connectivity index (χ2v) is 6.60. The zero-order chi connectivity index (χ0) is 15.4. The standard InChI is InChI=1S/C15H15Cl2NO2S/c1-2-20-11-4-6-14(18)15(8-11)21(19)9-10-3-5-12(16)13(17)7-10/h3-8H,2,9,18H2,1H3. The van der Waals surface area contributed by atoms with Gasteiger partial charge in [0.1, 0.15) is 5.75 Å². The molecule has 6 heteroatoms. The van der Waals surface area contributed by atoms with Crippen molar-refractivity contribution in [3.63, 3.8) is 0 Å². The van der Waals surface area contributed by atoms with Gasteiger partial charge in [0.2, 0.25) is 0 Å². The van der Waals surface area contributed by atoms with Crippen molar-refractivity contribution in [1.29, 1.82) is 0 Å². The molecule has 1 atom stereocenters. The van der Waals surface area contributed by atoms with Crippen LogP contribution >= 0.6 is 23.2 Å². The number of nitrogens with two attached hydrogens (primary N) is 1. The number of halogens is 2. The molecule has 112 valence electrons. The summed E-state index contributed by atoms with van der Waals surface area (Å²) in [5.74, 6) is 0.973. The van der Waals surface area contributed by atoms with E-state index in [1.165, 1.54) is 0 Å². The molecule has 0 saturated carbocycles. The number of hydrogen-bond acceptors (Lipinski definition) is 3. The van der Waals surface area contributed by atoms with Gasteiger partial charge in [0.05, 0.1) is 38.1 Å². The molecule has 2 rings (SSSR count). The summed E-state index contributed by atoms with van der Waals surface area (Å²) >= 11 is 11.8. The van der Waals surface area contributed by atoms with Crippen LogP contribution in [0.4, 0.5) is 5.69 Å². The number of hydrogen-bond donors (Lipinski definition) is 1. The van der Waals surface area contributed by atoms with E-state index in [1.807, 2.05) is 6.92 Å². The highest BCUT2D eigenvalue weighted by Gasteiger charge is 2.11. The van der Waals surface area contributed by atoms with E-state index in [0.717, 1.165) is 5.56 Å². The minimum atomic E-state index is -1.28. The Balaban J connectivity index is 2.23. The lowest BCUT2D eigenvalue weighted by Gasteiger charge is -2.09. The van der Waals surface area contributed by atoms with Crippen molar-refractivity contribution in [1.82, 2.24) is 0 Å². The largest absolute Gasteiger partial charge is 0.494 e. The molecule has 0 saturated heterocycles. The molecule has 0 aliphatic carbocycles. The van der Waals surface area contributed by atoms with Crippen LogP contribution in [0.3, 0.4) is 0 Å². The summed E-state index contributed by atoms with van der Waals surface area (Å²) in [5, 5.41) is 0.922. The Kier molecular flexibility index (Phi) is 5.51. The van der Waals surface area contributed by atoms with Crippen molar-refractivity contribution < 1.29 is 8.95 Å². The van der Waals surface area contributed by atoms with E-state index in [4.69, 9.17) is 33.7 Å². The van der Waals surface area contributed by atoms with Crippen LogP contribution in [0.1, 0.15) is 12.5 Å². The number of nitrogen functional groups attached to an aromatic ring is 1. The second kappa shape index (κ2) is 7.16. The van der Waals surface area contributed by atoms with Crippen LogP contribution in [0.2, 0.25) is 10.0 Å². The Hall–Kier alpha value is -1.23. The summed E-state index contributed by atoms with van der Waals surface area (Å²) in [6.45, 7) is 2.44. The summed E-state index contributed by atoms with van der Waals surface area (Å²) in [7, 11) is -1.28. The Labute approximate surface area is 136 Å². The third-order valence-electron chi connectivity index (χ3n) is 2.82. The molecule has 1 unspecified atom stereocenters. The molecular formula is C15H15Cl2NO2S. The van der Waals surface area contributed by atoms with Crippen LogP contribution in [0.25, 0.3) is 0 Å². The molecule has 2 aromatic carbocycles. The normalized spacial score (nSPS) is 12.1. The minimum absolute atomic E-state index is 0.316. The van der Waals surface area contributed by atoms with Gasteiger partial charge >= 0.3 is 0 Å². The van der Waals surface area contributed by atoms with Gasteiger partial charge in [-0.2, -0.15) is 0 Å². The Bertz CT molecular complexity index is 677. The predicted molar refractivity (Wildman–Crippen MR) is 88.6 cm³/mol. The van der Waals surface area contributed by atoms with Crippen LogP contribution in [0, 0.1) is 0 Å². The van der Waals surface area contributed by atoms with Crippen molar-refractivity contribution in [2.75, 3.05) is 12.3 Å². The molecule has 3 nitrogen and oxygen atoms in total. The summed E-state index contributed by atoms with van der Waals surface area (Å²) in [4.78, 5) is 0.562. The maximum absolute atomic E-state index is 12.5. The third-order valence-corrected chi connectivity index (χ3v) is 5.00. The molecule has 0 amide bonds. The van der Waals surface area contributed by atoms with E-state index in [-0.39, 0.29) is 0 Å². The fourth-order valence-electron chi connectivity index (χ4n) is 1.83. The molecule has 2 N–H and O–H groups in total. The fraction of sp³-hybridized carbons (Fsp3) is 0.200. The highest BCUT2D eigenvalue weighted by Crippen LogP contribution is 2.27. The topological polar surface area (TPSA) is 52.3 Å². The monoisotopic (exact) mass is 343 g/mol. The first-order valence-corrected chi connectivity index (χ1v) is 8.43. The highest BCUT2D eigenvalue weighted by molar-refractivity contribution is 7.84. The van der Waals surface area contributed by atoms with Crippen molar-refractivity contribution in [3.8, 4) is 5.75 Å². The molecule has 0 heterocycles.